The minimum Gasteiger partial charge on any atom is -0.348 e. The monoisotopic (exact) mass is 238 g/mol. The number of imidazole rings is 2. The highest BCUT2D eigenvalue weighted by atomic mass is 14.9. The number of rotatable bonds is 4. The van der Waals surface area contributed by atoms with E-state index in [0.29, 0.717) is 0 Å². The number of H-pyrrole nitrogens is 2. The van der Waals surface area contributed by atoms with Gasteiger partial charge in [-0.25, -0.2) is 9.97 Å². The second kappa shape index (κ2) is 4.87. The van der Waals surface area contributed by atoms with Crippen LogP contribution in [0.25, 0.3) is 0 Å². The van der Waals surface area contributed by atoms with Crippen LogP contribution in [0.3, 0.4) is 0 Å². The third-order valence-electron chi connectivity index (χ3n) is 2.94. The van der Waals surface area contributed by atoms with E-state index in [1.165, 1.54) is 11.1 Å². The smallest absolute Gasteiger partial charge is 0.110 e. The first kappa shape index (κ1) is 10.8. The highest BCUT2D eigenvalue weighted by Gasteiger charge is 2.06. The average molecular weight is 238 g/mol. The summed E-state index contributed by atoms with van der Waals surface area (Å²) in [5.41, 5.74) is 2.56. The van der Waals surface area contributed by atoms with Gasteiger partial charge in [-0.2, -0.15) is 0 Å². The fourth-order valence-corrected chi connectivity index (χ4v) is 2.05. The molecule has 0 aliphatic heterocycles. The van der Waals surface area contributed by atoms with Gasteiger partial charge in [-0.15, -0.1) is 0 Å². The summed E-state index contributed by atoms with van der Waals surface area (Å²) in [6.07, 6.45) is 8.91. The molecule has 0 amide bonds. The van der Waals surface area contributed by atoms with Crippen molar-refractivity contribution >= 4 is 0 Å². The van der Waals surface area contributed by atoms with Gasteiger partial charge >= 0.3 is 0 Å². The molecule has 1 aromatic carbocycles. The number of hydrogen-bond donors (Lipinski definition) is 2. The van der Waals surface area contributed by atoms with Crippen molar-refractivity contribution in [1.29, 1.82) is 0 Å². The molecule has 3 aromatic rings. The van der Waals surface area contributed by atoms with Crippen molar-refractivity contribution in [2.75, 3.05) is 0 Å². The van der Waals surface area contributed by atoms with Gasteiger partial charge < -0.3 is 9.97 Å². The highest BCUT2D eigenvalue weighted by molar-refractivity contribution is 5.31. The summed E-state index contributed by atoms with van der Waals surface area (Å²) in [5, 5.41) is 0. The normalized spacial score (nSPS) is 10.7. The Kier molecular flexibility index (Phi) is 2.92. The van der Waals surface area contributed by atoms with Crippen molar-refractivity contribution < 1.29 is 0 Å². The maximum Gasteiger partial charge on any atom is 0.110 e. The first-order chi connectivity index (χ1) is 8.92. The predicted molar refractivity (Wildman–Crippen MR) is 69.2 cm³/mol. The van der Waals surface area contributed by atoms with Crippen LogP contribution in [0.5, 0.6) is 0 Å². The Hall–Kier alpha value is -2.36. The van der Waals surface area contributed by atoms with E-state index < -0.39 is 0 Å². The summed E-state index contributed by atoms with van der Waals surface area (Å²) in [6, 6.07) is 8.40. The van der Waals surface area contributed by atoms with Gasteiger partial charge in [-0.1, -0.05) is 24.3 Å². The van der Waals surface area contributed by atoms with E-state index in [9.17, 15) is 0 Å². The fourth-order valence-electron chi connectivity index (χ4n) is 2.05. The molecule has 0 saturated heterocycles. The molecular weight excluding hydrogens is 224 g/mol. The quantitative estimate of drug-likeness (QED) is 0.732. The van der Waals surface area contributed by atoms with Crippen LogP contribution < -0.4 is 0 Å². The topological polar surface area (TPSA) is 57.4 Å². The molecule has 18 heavy (non-hydrogen) atoms. The lowest BCUT2D eigenvalue weighted by atomic mass is 10.0. The molecule has 4 nitrogen and oxygen atoms in total. The molecule has 2 aromatic heterocycles. The second-order valence-corrected chi connectivity index (χ2v) is 4.19. The molecule has 0 saturated carbocycles. The molecule has 0 unspecified atom stereocenters. The minimum atomic E-state index is 0.823. The van der Waals surface area contributed by atoms with Gasteiger partial charge in [0.1, 0.15) is 11.6 Å². The van der Waals surface area contributed by atoms with E-state index in [-0.39, 0.29) is 0 Å². The Labute approximate surface area is 105 Å². The van der Waals surface area contributed by atoms with Crippen molar-refractivity contribution in [2.45, 2.75) is 12.8 Å². The van der Waals surface area contributed by atoms with Gasteiger partial charge in [0.05, 0.1) is 0 Å². The van der Waals surface area contributed by atoms with Crippen LogP contribution in [0.4, 0.5) is 0 Å². The molecule has 0 aliphatic carbocycles. The molecule has 3 rings (SSSR count). The number of hydrogen-bond acceptors (Lipinski definition) is 2. The first-order valence-corrected chi connectivity index (χ1v) is 5.95. The lowest BCUT2D eigenvalue weighted by Crippen LogP contribution is -1.99. The molecule has 2 N–H and O–H groups in total. The van der Waals surface area contributed by atoms with Gasteiger partial charge in [-0.05, 0) is 11.1 Å². The van der Waals surface area contributed by atoms with Gasteiger partial charge in [0.25, 0.3) is 0 Å². The summed E-state index contributed by atoms with van der Waals surface area (Å²) in [6.45, 7) is 0. The summed E-state index contributed by atoms with van der Waals surface area (Å²) in [7, 11) is 0. The first-order valence-electron chi connectivity index (χ1n) is 5.95. The van der Waals surface area contributed by atoms with Gasteiger partial charge in [0, 0.05) is 37.6 Å². The number of aromatic nitrogens is 4. The SMILES string of the molecule is c1ccc(Cc2ncc[nH]2)c(Cc2ncc[nH]2)c1. The lowest BCUT2D eigenvalue weighted by molar-refractivity contribution is 0.966. The van der Waals surface area contributed by atoms with Crippen molar-refractivity contribution in [3.05, 3.63) is 71.8 Å². The summed E-state index contributed by atoms with van der Waals surface area (Å²) < 4.78 is 0. The number of aromatic amines is 2. The Balaban J connectivity index is 1.85. The molecule has 0 bridgehead atoms. The summed E-state index contributed by atoms with van der Waals surface area (Å²) in [5.74, 6) is 1.98. The summed E-state index contributed by atoms with van der Waals surface area (Å²) >= 11 is 0. The fraction of sp³-hybridized carbons (Fsp3) is 0.143. The van der Waals surface area contributed by atoms with Crippen LogP contribution >= 0.6 is 0 Å². The standard InChI is InChI=1S/C14H14N4/c1-2-4-12(10-14-17-7-8-18-14)11(3-1)9-13-15-5-6-16-13/h1-8H,9-10H2,(H,15,16)(H,17,18). The van der Waals surface area contributed by atoms with Crippen LogP contribution in [-0.2, 0) is 12.8 Å². The largest absolute Gasteiger partial charge is 0.348 e. The molecule has 0 spiro atoms. The third-order valence-corrected chi connectivity index (χ3v) is 2.94. The molecule has 0 atom stereocenters. The van der Waals surface area contributed by atoms with E-state index in [1.807, 2.05) is 12.4 Å². The van der Waals surface area contributed by atoms with E-state index in [1.54, 1.807) is 12.4 Å². The summed E-state index contributed by atoms with van der Waals surface area (Å²) in [4.78, 5) is 14.8. The molecule has 0 aliphatic rings. The highest BCUT2D eigenvalue weighted by Crippen LogP contribution is 2.15. The Morgan fingerprint density at radius 1 is 0.778 bits per heavy atom. The molecule has 2 heterocycles. The molecule has 0 radical (unpaired) electrons. The van der Waals surface area contributed by atoms with Crippen molar-refractivity contribution in [1.82, 2.24) is 19.9 Å². The van der Waals surface area contributed by atoms with Gasteiger partial charge in [0.15, 0.2) is 0 Å². The second-order valence-electron chi connectivity index (χ2n) is 4.19. The van der Waals surface area contributed by atoms with E-state index in [4.69, 9.17) is 0 Å². The zero-order chi connectivity index (χ0) is 12.2. The minimum absolute atomic E-state index is 0.823. The Morgan fingerprint density at radius 2 is 1.28 bits per heavy atom. The van der Waals surface area contributed by atoms with Crippen LogP contribution in [0, 0.1) is 0 Å². The molecule has 0 fully saturated rings. The third kappa shape index (κ3) is 2.32. The van der Waals surface area contributed by atoms with E-state index >= 15 is 0 Å². The van der Waals surface area contributed by atoms with Gasteiger partial charge in [0.2, 0.25) is 0 Å². The molecular formula is C14H14N4. The van der Waals surface area contributed by atoms with Crippen LogP contribution in [0.2, 0.25) is 0 Å². The van der Waals surface area contributed by atoms with E-state index in [0.717, 1.165) is 24.5 Å². The Morgan fingerprint density at radius 3 is 1.67 bits per heavy atom. The maximum atomic E-state index is 4.27. The Bertz CT molecular complexity index is 541. The molecule has 4 heteroatoms. The predicted octanol–water partition coefficient (Wildman–Crippen LogP) is 2.31. The van der Waals surface area contributed by atoms with Crippen LogP contribution in [0.1, 0.15) is 22.8 Å². The number of nitrogens with zero attached hydrogens (tertiary/aromatic N) is 2. The maximum absolute atomic E-state index is 4.27. The van der Waals surface area contributed by atoms with Gasteiger partial charge in [-0.3, -0.25) is 0 Å². The van der Waals surface area contributed by atoms with Crippen molar-refractivity contribution in [3.8, 4) is 0 Å². The molecule has 90 valence electrons. The van der Waals surface area contributed by atoms with Crippen LogP contribution in [0.15, 0.2) is 49.1 Å². The zero-order valence-electron chi connectivity index (χ0n) is 9.93. The number of benzene rings is 1. The van der Waals surface area contributed by atoms with Crippen molar-refractivity contribution in [2.24, 2.45) is 0 Å². The number of nitrogens with one attached hydrogen (secondary N) is 2. The average Bonchev–Trinajstić information content (AvgIpc) is 3.05. The van der Waals surface area contributed by atoms with E-state index in [2.05, 4.69) is 44.2 Å². The lowest BCUT2D eigenvalue weighted by Gasteiger charge is -2.06. The van der Waals surface area contributed by atoms with Crippen molar-refractivity contribution in [3.63, 3.8) is 0 Å². The zero-order valence-corrected chi connectivity index (χ0v) is 9.93. The van der Waals surface area contributed by atoms with Crippen LogP contribution in [-0.4, -0.2) is 19.9 Å².